The summed E-state index contributed by atoms with van der Waals surface area (Å²) in [5.41, 5.74) is 5.43. The number of anilines is 2. The topological polar surface area (TPSA) is 50.8 Å². The highest BCUT2D eigenvalue weighted by atomic mass is 35.5. The van der Waals surface area contributed by atoms with Gasteiger partial charge in [-0.05, 0) is 71.4 Å². The smallest absolute Gasteiger partial charge is 0.266 e. The van der Waals surface area contributed by atoms with Crippen molar-refractivity contribution in [3.8, 4) is 16.2 Å². The van der Waals surface area contributed by atoms with Gasteiger partial charge in [0.2, 0.25) is 8.32 Å². The van der Waals surface area contributed by atoms with E-state index in [-0.39, 0.29) is 12.0 Å². The van der Waals surface area contributed by atoms with E-state index < -0.39 is 8.32 Å². The third-order valence-corrected chi connectivity index (χ3v) is 15.9. The van der Waals surface area contributed by atoms with Crippen molar-refractivity contribution in [2.75, 3.05) is 30.4 Å². The summed E-state index contributed by atoms with van der Waals surface area (Å²) >= 11 is 7.53. The first-order chi connectivity index (χ1) is 19.0. The van der Waals surface area contributed by atoms with Crippen LogP contribution in [0.15, 0.2) is 48.5 Å². The van der Waals surface area contributed by atoms with Crippen LogP contribution in [0, 0.1) is 6.92 Å². The molecule has 2 heterocycles. The van der Waals surface area contributed by atoms with Gasteiger partial charge in [0.25, 0.3) is 5.91 Å². The highest BCUT2D eigenvalue weighted by molar-refractivity contribution is 7.17. The largest absolute Gasteiger partial charge is 0.495 e. The van der Waals surface area contributed by atoms with Gasteiger partial charge in [-0.3, -0.25) is 4.79 Å². The predicted molar refractivity (Wildman–Crippen MR) is 173 cm³/mol. The van der Waals surface area contributed by atoms with Crippen LogP contribution in [-0.2, 0) is 4.43 Å². The molecule has 5 nitrogen and oxygen atoms in total. The van der Waals surface area contributed by atoms with Gasteiger partial charge in [0.1, 0.15) is 5.75 Å². The lowest BCUT2D eigenvalue weighted by Gasteiger charge is -2.44. The van der Waals surface area contributed by atoms with Crippen LogP contribution < -0.4 is 15.0 Å². The molecule has 0 spiro atoms. The monoisotopic (exact) mass is 598 g/mol. The molecule has 1 atom stereocenters. The number of aryl methyl sites for hydroxylation is 1. The average molecular weight is 599 g/mol. The number of halogens is 1. The zero-order valence-electron chi connectivity index (χ0n) is 25.0. The average Bonchev–Trinajstić information content (AvgIpc) is 3.53. The maximum atomic E-state index is 13.2. The van der Waals surface area contributed by atoms with Crippen LogP contribution in [0.4, 0.5) is 11.4 Å². The third-order valence-electron chi connectivity index (χ3n) is 8.25. The summed E-state index contributed by atoms with van der Waals surface area (Å²) in [6.07, 6.45) is 1.23. The molecule has 2 aromatic carbocycles. The first-order valence-electron chi connectivity index (χ1n) is 14.2. The molecule has 1 fully saturated rings. The van der Waals surface area contributed by atoms with E-state index in [0.717, 1.165) is 47.0 Å². The van der Waals surface area contributed by atoms with Gasteiger partial charge in [0, 0.05) is 34.7 Å². The quantitative estimate of drug-likeness (QED) is 0.236. The Morgan fingerprint density at radius 1 is 1.02 bits per heavy atom. The molecular weight excluding hydrogens is 556 g/mol. The van der Waals surface area contributed by atoms with Crippen LogP contribution in [-0.4, -0.2) is 40.5 Å². The maximum absolute atomic E-state index is 13.2. The van der Waals surface area contributed by atoms with E-state index in [1.54, 1.807) is 7.11 Å². The second kappa shape index (κ2) is 12.7. The summed E-state index contributed by atoms with van der Waals surface area (Å²) in [5, 5.41) is 3.77. The molecule has 0 unspecified atom stereocenters. The number of carbonyl (C=O) groups is 1. The summed E-state index contributed by atoms with van der Waals surface area (Å²) in [7, 11) is -0.257. The molecule has 1 aromatic heterocycles. The molecule has 0 aliphatic carbocycles. The van der Waals surface area contributed by atoms with Crippen molar-refractivity contribution in [1.82, 2.24) is 0 Å². The number of hydrogen-bond donors (Lipinski definition) is 1. The Bertz CT molecular complexity index is 1300. The fourth-order valence-corrected chi connectivity index (χ4v) is 13.2. The van der Waals surface area contributed by atoms with Crippen molar-refractivity contribution in [2.24, 2.45) is 0 Å². The van der Waals surface area contributed by atoms with Crippen molar-refractivity contribution >= 4 is 48.5 Å². The van der Waals surface area contributed by atoms with E-state index in [0.29, 0.717) is 32.2 Å². The van der Waals surface area contributed by atoms with E-state index in [9.17, 15) is 4.79 Å². The number of methoxy groups -OCH3 is 1. The normalized spacial score (nSPS) is 15.9. The first kappa shape index (κ1) is 30.6. The van der Waals surface area contributed by atoms with Crippen molar-refractivity contribution < 1.29 is 14.0 Å². The Hall–Kier alpha value is -2.32. The second-order valence-electron chi connectivity index (χ2n) is 11.8. The van der Waals surface area contributed by atoms with E-state index in [2.05, 4.69) is 57.8 Å². The lowest BCUT2D eigenvalue weighted by molar-refractivity contribution is 0.103. The number of nitrogens with one attached hydrogen (secondary N) is 1. The first-order valence-corrected chi connectivity index (χ1v) is 17.6. The minimum Gasteiger partial charge on any atom is -0.495 e. The van der Waals surface area contributed by atoms with Crippen LogP contribution in [0.1, 0.15) is 63.2 Å². The van der Waals surface area contributed by atoms with Gasteiger partial charge in [-0.1, -0.05) is 65.3 Å². The highest BCUT2D eigenvalue weighted by Gasteiger charge is 2.47. The molecule has 0 radical (unpaired) electrons. The van der Waals surface area contributed by atoms with Crippen LogP contribution in [0.5, 0.6) is 5.75 Å². The lowest BCUT2D eigenvalue weighted by atomic mass is 10.1. The highest BCUT2D eigenvalue weighted by Crippen LogP contribution is 2.44. The number of amides is 1. The van der Waals surface area contributed by atoms with Gasteiger partial charge in [0.15, 0.2) is 0 Å². The summed E-state index contributed by atoms with van der Waals surface area (Å²) < 4.78 is 12.9. The van der Waals surface area contributed by atoms with E-state index >= 15 is 0 Å². The molecule has 8 heteroatoms. The minimum atomic E-state index is -1.94. The van der Waals surface area contributed by atoms with Gasteiger partial charge >= 0.3 is 0 Å². The number of carbonyl (C=O) groups excluding carboxylic acids is 1. The summed E-state index contributed by atoms with van der Waals surface area (Å²) in [5.74, 6) is 0.632. The number of benzene rings is 2. The van der Waals surface area contributed by atoms with Crippen molar-refractivity contribution in [3.63, 3.8) is 0 Å². The van der Waals surface area contributed by atoms with Crippen LogP contribution >= 0.6 is 22.9 Å². The molecule has 40 heavy (non-hydrogen) atoms. The maximum Gasteiger partial charge on any atom is 0.266 e. The van der Waals surface area contributed by atoms with Crippen LogP contribution in [0.25, 0.3) is 10.4 Å². The summed E-state index contributed by atoms with van der Waals surface area (Å²) in [6.45, 7) is 17.8. The van der Waals surface area contributed by atoms with Gasteiger partial charge in [-0.25, -0.2) is 0 Å². The minimum absolute atomic E-state index is 0.121. The molecule has 216 valence electrons. The van der Waals surface area contributed by atoms with Crippen molar-refractivity contribution in [2.45, 2.75) is 77.6 Å². The van der Waals surface area contributed by atoms with Gasteiger partial charge in [-0.15, -0.1) is 11.3 Å². The SMILES string of the molecule is COc1cc(NC(=O)c2sc(-c3ccc(Cl)cc3)cc2C)ccc1N1CC[C@H](O[Si](C(C)C)(C(C)C)C(C)C)C1. The molecule has 1 aliphatic heterocycles. The molecule has 1 amide bonds. The standard InChI is InChI=1S/C32H43ClN2O3SSi/c1-20(2)40(21(3)4,22(5)6)38-27-15-16-35(19-27)28-14-13-26(18-29(28)37-8)34-32(36)31-23(7)17-30(39-31)24-9-11-25(33)12-10-24/h9-14,17-18,20-22,27H,15-16,19H2,1-8H3,(H,34,36)/t27-/m0/s1. The number of ether oxygens (including phenoxy) is 1. The Kier molecular flexibility index (Phi) is 9.71. The molecule has 1 N–H and O–H groups in total. The number of thiophene rings is 1. The van der Waals surface area contributed by atoms with Crippen molar-refractivity contribution in [1.29, 1.82) is 0 Å². The Morgan fingerprint density at radius 2 is 1.68 bits per heavy atom. The summed E-state index contributed by atoms with van der Waals surface area (Å²) in [4.78, 5) is 17.3. The predicted octanol–water partition coefficient (Wildman–Crippen LogP) is 9.41. The molecule has 3 aromatic rings. The Morgan fingerprint density at radius 3 is 2.27 bits per heavy atom. The molecular formula is C32H43ClN2O3SSi. The second-order valence-corrected chi connectivity index (χ2v) is 18.7. The van der Waals surface area contributed by atoms with E-state index in [1.165, 1.54) is 11.3 Å². The van der Waals surface area contributed by atoms with Crippen molar-refractivity contribution in [3.05, 3.63) is 64.0 Å². The van der Waals surface area contributed by atoms with Crippen LogP contribution in [0.2, 0.25) is 21.6 Å². The van der Waals surface area contributed by atoms with Gasteiger partial charge < -0.3 is 19.4 Å². The number of nitrogens with zero attached hydrogens (tertiary/aromatic N) is 1. The Balaban J connectivity index is 1.47. The third kappa shape index (κ3) is 6.28. The molecule has 0 saturated carbocycles. The fraction of sp³-hybridized carbons (Fsp3) is 0.469. The molecule has 1 saturated heterocycles. The Labute approximate surface area is 250 Å². The van der Waals surface area contributed by atoms with Crippen LogP contribution in [0.3, 0.4) is 0 Å². The van der Waals surface area contributed by atoms with E-state index in [1.807, 2.05) is 49.4 Å². The van der Waals surface area contributed by atoms with Gasteiger partial charge in [-0.2, -0.15) is 0 Å². The zero-order valence-corrected chi connectivity index (χ0v) is 27.6. The summed E-state index contributed by atoms with van der Waals surface area (Å²) in [6, 6.07) is 15.7. The fourth-order valence-electron chi connectivity index (χ4n) is 6.41. The molecule has 1 aliphatic rings. The zero-order chi connectivity index (χ0) is 29.2. The molecule has 0 bridgehead atoms. The molecule has 4 rings (SSSR count). The van der Waals surface area contributed by atoms with E-state index in [4.69, 9.17) is 20.8 Å². The number of hydrogen-bond acceptors (Lipinski definition) is 5. The van der Waals surface area contributed by atoms with Gasteiger partial charge in [0.05, 0.1) is 23.8 Å². The lowest BCUT2D eigenvalue weighted by Crippen LogP contribution is -2.50. The number of rotatable bonds is 10.